The van der Waals surface area contributed by atoms with Gasteiger partial charge in [-0.15, -0.1) is 0 Å². The van der Waals surface area contributed by atoms with Crippen molar-refractivity contribution in [3.63, 3.8) is 0 Å². The van der Waals surface area contributed by atoms with Crippen LogP contribution in [-0.4, -0.2) is 82.0 Å². The van der Waals surface area contributed by atoms with E-state index in [0.29, 0.717) is 53.7 Å². The lowest BCUT2D eigenvalue weighted by molar-refractivity contribution is -0.864. The number of carbonyl (C=O) groups is 2. The monoisotopic (exact) mass is 468 g/mol. The van der Waals surface area contributed by atoms with Crippen LogP contribution in [0.5, 0.6) is 0 Å². The molecule has 0 radical (unpaired) electrons. The summed E-state index contributed by atoms with van der Waals surface area (Å²) in [7, 11) is 5.00. The van der Waals surface area contributed by atoms with Gasteiger partial charge < -0.3 is 20.1 Å². The summed E-state index contributed by atoms with van der Waals surface area (Å²) in [6.07, 6.45) is 0. The highest BCUT2D eigenvalue weighted by atomic mass is 35.5. The van der Waals surface area contributed by atoms with Gasteiger partial charge in [0.15, 0.2) is 0 Å². The first-order valence-corrected chi connectivity index (χ1v) is 11.2. The van der Waals surface area contributed by atoms with Crippen molar-refractivity contribution in [2.75, 3.05) is 52.6 Å². The molecule has 0 atom stereocenters. The number of anilines is 1. The summed E-state index contributed by atoms with van der Waals surface area (Å²) in [5.74, 6) is 0.613. The van der Waals surface area contributed by atoms with Crippen molar-refractivity contribution in [1.29, 1.82) is 0 Å². The Morgan fingerprint density at radius 1 is 1.26 bits per heavy atom. The normalized spacial score (nSPS) is 17.0. The number of halogens is 1. The Kier molecular flexibility index (Phi) is 6.60. The number of carbonyl (C=O) groups excluding carboxylic acids is 2. The van der Waals surface area contributed by atoms with E-state index >= 15 is 0 Å². The number of likely N-dealkylation sites (N-methyl/N-ethyl adjacent to an activating group) is 1. The Hall–Kier alpha value is -1.85. The zero-order chi connectivity index (χ0) is 23.1. The molecule has 9 nitrogen and oxygen atoms in total. The van der Waals surface area contributed by atoms with E-state index in [4.69, 9.17) is 11.6 Å². The highest BCUT2D eigenvalue weighted by Gasteiger charge is 2.28. The van der Waals surface area contributed by atoms with Crippen LogP contribution in [0.1, 0.15) is 26.6 Å². The molecule has 1 saturated heterocycles. The number of imidazole rings is 1. The fraction of sp³-hybridized carbons (Fsp3) is 0.550. The number of nitrogens with zero attached hydrogens (tertiary/aromatic N) is 5. The number of hydrogen-bond acceptors (Lipinski definition) is 6. The average molecular weight is 469 g/mol. The molecule has 31 heavy (non-hydrogen) atoms. The molecule has 1 fully saturated rings. The minimum absolute atomic E-state index is 0.228. The van der Waals surface area contributed by atoms with E-state index in [-0.39, 0.29) is 21.3 Å². The van der Waals surface area contributed by atoms with E-state index in [1.807, 2.05) is 25.1 Å². The number of amides is 2. The van der Waals surface area contributed by atoms with Crippen LogP contribution < -0.4 is 5.32 Å². The third-order valence-corrected chi connectivity index (χ3v) is 6.29. The maximum Gasteiger partial charge on any atom is 0.329 e. The van der Waals surface area contributed by atoms with E-state index in [9.17, 15) is 14.8 Å². The molecule has 170 valence electrons. The second kappa shape index (κ2) is 8.59. The molecule has 2 aromatic rings. The van der Waals surface area contributed by atoms with E-state index in [1.165, 1.54) is 4.90 Å². The van der Waals surface area contributed by atoms with E-state index in [0.717, 1.165) is 11.9 Å². The maximum absolute atomic E-state index is 12.9. The first-order valence-electron chi connectivity index (χ1n) is 10.0. The highest BCUT2D eigenvalue weighted by molar-refractivity contribution is 8.11. The molecule has 0 spiro atoms. The molecule has 3 rings (SSSR count). The van der Waals surface area contributed by atoms with Crippen molar-refractivity contribution in [2.24, 2.45) is 0 Å². The summed E-state index contributed by atoms with van der Waals surface area (Å²) in [5.41, 5.74) is 1.19. The minimum atomic E-state index is -0.376. The predicted octanol–water partition coefficient (Wildman–Crippen LogP) is 3.96. The van der Waals surface area contributed by atoms with Crippen molar-refractivity contribution in [2.45, 2.75) is 26.2 Å². The van der Waals surface area contributed by atoms with Gasteiger partial charge >= 0.3 is 6.03 Å². The summed E-state index contributed by atoms with van der Waals surface area (Å²) in [6.45, 7) is 7.90. The molecule has 0 unspecified atom stereocenters. The Morgan fingerprint density at radius 3 is 2.42 bits per heavy atom. The van der Waals surface area contributed by atoms with Crippen LogP contribution in [0.4, 0.5) is 15.3 Å². The third kappa shape index (κ3) is 5.32. The van der Waals surface area contributed by atoms with Crippen LogP contribution in [-0.2, 0) is 5.41 Å². The van der Waals surface area contributed by atoms with Crippen LogP contribution in [0.25, 0.3) is 11.0 Å². The van der Waals surface area contributed by atoms with Crippen LogP contribution in [0.2, 0.25) is 5.02 Å². The Morgan fingerprint density at radius 2 is 1.87 bits per heavy atom. The fourth-order valence-electron chi connectivity index (χ4n) is 3.30. The number of piperazine rings is 1. The number of rotatable bonds is 2. The fourth-order valence-corrected chi connectivity index (χ4v) is 4.24. The number of benzene rings is 1. The molecule has 1 aromatic heterocycles. The van der Waals surface area contributed by atoms with E-state index in [1.54, 1.807) is 37.8 Å². The molecular weight excluding hydrogens is 440 g/mol. The molecule has 2 amide bonds. The van der Waals surface area contributed by atoms with Gasteiger partial charge in [-0.05, 0) is 12.1 Å². The van der Waals surface area contributed by atoms with Gasteiger partial charge in [0.25, 0.3) is 5.24 Å². The van der Waals surface area contributed by atoms with E-state index in [2.05, 4.69) is 10.3 Å². The summed E-state index contributed by atoms with van der Waals surface area (Å²) in [4.78, 5) is 31.6. The number of fused-ring (bicyclic) bond motifs is 1. The number of nitrogens with one attached hydrogen (secondary N) is 1. The highest BCUT2D eigenvalue weighted by Crippen LogP contribution is 2.33. The zero-order valence-corrected chi connectivity index (χ0v) is 20.3. The summed E-state index contributed by atoms with van der Waals surface area (Å²) in [5, 5.41) is 14.8. The van der Waals surface area contributed by atoms with Crippen LogP contribution in [0.15, 0.2) is 12.1 Å². The van der Waals surface area contributed by atoms with Crippen molar-refractivity contribution >= 4 is 51.5 Å². The number of hydrogen-bond donors (Lipinski definition) is 1. The maximum atomic E-state index is 12.9. The largest absolute Gasteiger partial charge is 0.633 e. The third-order valence-electron chi connectivity index (χ3n) is 5.08. The summed E-state index contributed by atoms with van der Waals surface area (Å²) in [6, 6.07) is 3.11. The van der Waals surface area contributed by atoms with Gasteiger partial charge in [0.2, 0.25) is 0 Å². The number of quaternary nitrogens is 1. The second-order valence-corrected chi connectivity index (χ2v) is 10.7. The van der Waals surface area contributed by atoms with E-state index < -0.39 is 0 Å². The Labute approximate surface area is 191 Å². The van der Waals surface area contributed by atoms with Crippen LogP contribution in [0.3, 0.4) is 0 Å². The van der Waals surface area contributed by atoms with Gasteiger partial charge in [0.05, 0.1) is 55.0 Å². The van der Waals surface area contributed by atoms with Crippen molar-refractivity contribution in [3.8, 4) is 0 Å². The SMILES string of the molecule is CN(C)C(=O)n1c(C(C)(C)C)nc2cc(Cl)c(NC(=O)SN3CC[N+](C)([O-])CC3)cc21. The van der Waals surface area contributed by atoms with Gasteiger partial charge in [-0.3, -0.25) is 4.79 Å². The summed E-state index contributed by atoms with van der Waals surface area (Å²) < 4.78 is 3.14. The number of aromatic nitrogens is 2. The molecule has 2 heterocycles. The molecule has 1 aromatic carbocycles. The number of hydroxylamine groups is 3. The van der Waals surface area contributed by atoms with Gasteiger partial charge in [-0.2, -0.15) is 0 Å². The molecular formula is C20H29ClN6O3S. The molecule has 1 aliphatic rings. The minimum Gasteiger partial charge on any atom is -0.633 e. The lowest BCUT2D eigenvalue weighted by Gasteiger charge is -2.44. The lowest BCUT2D eigenvalue weighted by Crippen LogP contribution is -2.52. The standard InChI is InChI=1S/C20H29ClN6O3S/c1-20(2,3)17-22-15-11-13(21)14(12-16(15)26(17)19(29)24(4)5)23-18(28)31-25-7-9-27(6,30)10-8-25/h11-12H,7-10H2,1-6H3,(H,23,28). The van der Waals surface area contributed by atoms with Gasteiger partial charge in [0, 0.05) is 31.5 Å². The van der Waals surface area contributed by atoms with Gasteiger partial charge in [-0.25, -0.2) is 18.7 Å². The topological polar surface area (TPSA) is 93.5 Å². The summed E-state index contributed by atoms with van der Waals surface area (Å²) >= 11 is 7.45. The van der Waals surface area contributed by atoms with Crippen molar-refractivity contribution < 1.29 is 14.2 Å². The zero-order valence-electron chi connectivity index (χ0n) is 18.7. The van der Waals surface area contributed by atoms with Crippen molar-refractivity contribution in [1.82, 2.24) is 18.8 Å². The molecule has 0 saturated carbocycles. The van der Waals surface area contributed by atoms with Gasteiger partial charge in [-0.1, -0.05) is 32.4 Å². The smallest absolute Gasteiger partial charge is 0.329 e. The molecule has 0 bridgehead atoms. The molecule has 0 aliphatic carbocycles. The molecule has 1 N–H and O–H groups in total. The van der Waals surface area contributed by atoms with Crippen LogP contribution in [0, 0.1) is 5.21 Å². The Balaban J connectivity index is 1.89. The van der Waals surface area contributed by atoms with Gasteiger partial charge in [0.1, 0.15) is 5.82 Å². The average Bonchev–Trinajstić information content (AvgIpc) is 3.01. The first-order chi connectivity index (χ1) is 14.3. The Bertz CT molecular complexity index is 1000. The second-order valence-electron chi connectivity index (χ2n) is 9.20. The molecule has 1 aliphatic heterocycles. The predicted molar refractivity (Wildman–Crippen MR) is 125 cm³/mol. The van der Waals surface area contributed by atoms with Crippen LogP contribution >= 0.6 is 23.5 Å². The first kappa shape index (κ1) is 23.8. The lowest BCUT2D eigenvalue weighted by atomic mass is 9.96. The van der Waals surface area contributed by atoms with Crippen molar-refractivity contribution in [3.05, 3.63) is 28.2 Å². The molecule has 11 heteroatoms. The quantitative estimate of drug-likeness (QED) is 0.407.